The summed E-state index contributed by atoms with van der Waals surface area (Å²) in [6.07, 6.45) is 0. The van der Waals surface area contributed by atoms with Crippen molar-refractivity contribution in [1.29, 1.82) is 0 Å². The summed E-state index contributed by atoms with van der Waals surface area (Å²) in [6.45, 7) is 5.31. The average molecular weight is 454 g/mol. The van der Waals surface area contributed by atoms with Crippen LogP contribution in [0.5, 0.6) is 0 Å². The highest BCUT2D eigenvalue weighted by molar-refractivity contribution is 9.13. The van der Waals surface area contributed by atoms with Crippen molar-refractivity contribution in [3.8, 4) is 0 Å². The monoisotopic (exact) mass is 451 g/mol. The van der Waals surface area contributed by atoms with Crippen molar-refractivity contribution >= 4 is 64.8 Å². The van der Waals surface area contributed by atoms with E-state index < -0.39 is 0 Å². The van der Waals surface area contributed by atoms with Gasteiger partial charge in [0.15, 0.2) is 0 Å². The second kappa shape index (κ2) is 5.35. The van der Waals surface area contributed by atoms with Gasteiger partial charge >= 0.3 is 0 Å². The van der Waals surface area contributed by atoms with Crippen LogP contribution in [0.15, 0.2) is 13.4 Å². The second-order valence-electron chi connectivity index (χ2n) is 4.45. The number of morpholine rings is 1. The van der Waals surface area contributed by atoms with Crippen LogP contribution in [0, 0.1) is 6.92 Å². The lowest BCUT2D eigenvalue weighted by Gasteiger charge is -2.26. The molecule has 0 unspecified atom stereocenters. The lowest BCUT2D eigenvalue weighted by Crippen LogP contribution is -2.36. The standard InChI is InChI=1S/C12H12Br3N3O/c1-6-7(13)9(15)11-10(8(6)14)16-12(17-11)18-2-4-19-5-3-18/h2-5H2,1H3,(H,16,17). The van der Waals surface area contributed by atoms with E-state index in [-0.39, 0.29) is 0 Å². The molecule has 1 N–H and O–H groups in total. The van der Waals surface area contributed by atoms with Crippen molar-refractivity contribution in [1.82, 2.24) is 9.97 Å². The number of H-pyrrole nitrogens is 1. The molecule has 1 aliphatic rings. The SMILES string of the molecule is Cc1c(Br)c(Br)c2nc(N3CCOCC3)[nH]c2c1Br. The van der Waals surface area contributed by atoms with E-state index in [9.17, 15) is 0 Å². The highest BCUT2D eigenvalue weighted by atomic mass is 79.9. The normalized spacial score (nSPS) is 16.3. The van der Waals surface area contributed by atoms with Crippen molar-refractivity contribution in [3.05, 3.63) is 19.0 Å². The van der Waals surface area contributed by atoms with Gasteiger partial charge in [0.05, 0.1) is 23.2 Å². The molecule has 102 valence electrons. The number of imidazole rings is 1. The number of halogens is 3. The molecule has 0 radical (unpaired) electrons. The van der Waals surface area contributed by atoms with E-state index in [0.29, 0.717) is 0 Å². The van der Waals surface area contributed by atoms with E-state index in [1.165, 1.54) is 0 Å². The zero-order valence-electron chi connectivity index (χ0n) is 10.3. The number of nitrogens with zero attached hydrogens (tertiary/aromatic N) is 2. The molecule has 1 saturated heterocycles. The van der Waals surface area contributed by atoms with Crippen molar-refractivity contribution in [2.45, 2.75) is 6.92 Å². The molecule has 0 aliphatic carbocycles. The molecule has 7 heteroatoms. The maximum absolute atomic E-state index is 5.37. The molecular weight excluding hydrogens is 442 g/mol. The summed E-state index contributed by atoms with van der Waals surface area (Å²) in [6, 6.07) is 0. The van der Waals surface area contributed by atoms with Crippen LogP contribution in [0.25, 0.3) is 11.0 Å². The van der Waals surface area contributed by atoms with Gasteiger partial charge in [-0.05, 0) is 60.3 Å². The molecule has 4 nitrogen and oxygen atoms in total. The first kappa shape index (κ1) is 13.9. The van der Waals surface area contributed by atoms with Gasteiger partial charge in [0.25, 0.3) is 0 Å². The Morgan fingerprint density at radius 3 is 2.47 bits per heavy atom. The zero-order valence-corrected chi connectivity index (χ0v) is 15.0. The van der Waals surface area contributed by atoms with E-state index in [4.69, 9.17) is 9.72 Å². The van der Waals surface area contributed by atoms with E-state index in [1.807, 2.05) is 0 Å². The Labute approximate surface area is 136 Å². The van der Waals surface area contributed by atoms with Gasteiger partial charge in [-0.25, -0.2) is 4.98 Å². The Bertz CT molecular complexity index is 590. The number of hydrogen-bond acceptors (Lipinski definition) is 3. The number of aromatic nitrogens is 2. The van der Waals surface area contributed by atoms with Crippen LogP contribution in [0.1, 0.15) is 5.56 Å². The van der Waals surface area contributed by atoms with Gasteiger partial charge in [-0.1, -0.05) is 0 Å². The minimum atomic E-state index is 0.752. The molecule has 19 heavy (non-hydrogen) atoms. The number of hydrogen-bond donors (Lipinski definition) is 1. The Balaban J connectivity index is 2.14. The number of fused-ring (bicyclic) bond motifs is 1. The van der Waals surface area contributed by atoms with Gasteiger partial charge in [0, 0.05) is 22.0 Å². The van der Waals surface area contributed by atoms with E-state index >= 15 is 0 Å². The summed E-state index contributed by atoms with van der Waals surface area (Å²) in [7, 11) is 0. The Morgan fingerprint density at radius 2 is 1.79 bits per heavy atom. The Morgan fingerprint density at radius 1 is 1.11 bits per heavy atom. The van der Waals surface area contributed by atoms with Gasteiger partial charge in [-0.15, -0.1) is 0 Å². The maximum Gasteiger partial charge on any atom is 0.204 e. The van der Waals surface area contributed by atoms with Crippen LogP contribution < -0.4 is 4.90 Å². The second-order valence-corrected chi connectivity index (χ2v) is 6.83. The molecule has 1 aromatic heterocycles. The largest absolute Gasteiger partial charge is 0.378 e. The van der Waals surface area contributed by atoms with Gasteiger partial charge in [0.2, 0.25) is 5.95 Å². The molecule has 1 aliphatic heterocycles. The highest BCUT2D eigenvalue weighted by Gasteiger charge is 2.20. The number of benzene rings is 1. The fraction of sp³-hybridized carbons (Fsp3) is 0.417. The van der Waals surface area contributed by atoms with Crippen molar-refractivity contribution < 1.29 is 4.74 Å². The first-order valence-corrected chi connectivity index (χ1v) is 8.33. The topological polar surface area (TPSA) is 41.2 Å². The van der Waals surface area contributed by atoms with Crippen LogP contribution in [0.4, 0.5) is 5.95 Å². The number of rotatable bonds is 1. The van der Waals surface area contributed by atoms with E-state index in [0.717, 1.165) is 62.3 Å². The van der Waals surface area contributed by atoms with Crippen LogP contribution in [-0.2, 0) is 4.74 Å². The fourth-order valence-electron chi connectivity index (χ4n) is 2.16. The molecule has 2 aromatic rings. The van der Waals surface area contributed by atoms with Crippen LogP contribution in [0.3, 0.4) is 0 Å². The van der Waals surface area contributed by atoms with Crippen molar-refractivity contribution in [2.24, 2.45) is 0 Å². The zero-order chi connectivity index (χ0) is 13.6. The quantitative estimate of drug-likeness (QED) is 0.664. The van der Waals surface area contributed by atoms with Gasteiger partial charge < -0.3 is 14.6 Å². The summed E-state index contributed by atoms with van der Waals surface area (Å²) in [5.41, 5.74) is 3.11. The van der Waals surface area contributed by atoms with Crippen LogP contribution in [0.2, 0.25) is 0 Å². The lowest BCUT2D eigenvalue weighted by atomic mass is 10.2. The first-order valence-electron chi connectivity index (χ1n) is 5.95. The Hall–Kier alpha value is -0.110. The minimum absolute atomic E-state index is 0.752. The van der Waals surface area contributed by atoms with Crippen LogP contribution in [-0.4, -0.2) is 36.3 Å². The number of nitrogens with one attached hydrogen (secondary N) is 1. The van der Waals surface area contributed by atoms with Gasteiger partial charge in [-0.2, -0.15) is 0 Å². The number of aromatic amines is 1. The predicted octanol–water partition coefficient (Wildman–Crippen LogP) is 4.00. The van der Waals surface area contributed by atoms with E-state index in [1.54, 1.807) is 0 Å². The number of ether oxygens (including phenoxy) is 1. The molecule has 3 rings (SSSR count). The molecule has 1 fully saturated rings. The third kappa shape index (κ3) is 2.34. The minimum Gasteiger partial charge on any atom is -0.378 e. The van der Waals surface area contributed by atoms with E-state index in [2.05, 4.69) is 64.6 Å². The van der Waals surface area contributed by atoms with Gasteiger partial charge in [-0.3, -0.25) is 0 Å². The molecule has 1 aromatic carbocycles. The van der Waals surface area contributed by atoms with Crippen LogP contribution >= 0.6 is 47.8 Å². The lowest BCUT2D eigenvalue weighted by molar-refractivity contribution is 0.122. The molecular formula is C12H12Br3N3O. The van der Waals surface area contributed by atoms with Crippen molar-refractivity contribution in [3.63, 3.8) is 0 Å². The fourth-order valence-corrected chi connectivity index (χ4v) is 3.88. The molecule has 0 saturated carbocycles. The van der Waals surface area contributed by atoms with Crippen molar-refractivity contribution in [2.75, 3.05) is 31.2 Å². The molecule has 0 amide bonds. The van der Waals surface area contributed by atoms with Gasteiger partial charge in [0.1, 0.15) is 5.52 Å². The highest BCUT2D eigenvalue weighted by Crippen LogP contribution is 2.39. The molecule has 0 bridgehead atoms. The molecule has 0 spiro atoms. The maximum atomic E-state index is 5.37. The summed E-state index contributed by atoms with van der Waals surface area (Å²) in [5.74, 6) is 0.900. The first-order chi connectivity index (χ1) is 9.09. The number of anilines is 1. The average Bonchev–Trinajstić information content (AvgIpc) is 2.89. The third-order valence-corrected chi connectivity index (χ3v) is 6.57. The molecule has 2 heterocycles. The predicted molar refractivity (Wildman–Crippen MR) is 87.0 cm³/mol. The molecule has 0 atom stereocenters. The summed E-state index contributed by atoms with van der Waals surface area (Å²) in [4.78, 5) is 10.3. The summed E-state index contributed by atoms with van der Waals surface area (Å²) in [5, 5.41) is 0. The summed E-state index contributed by atoms with van der Waals surface area (Å²) >= 11 is 10.8. The smallest absolute Gasteiger partial charge is 0.204 e. The summed E-state index contributed by atoms with van der Waals surface area (Å²) < 4.78 is 8.44. The Kier molecular flexibility index (Phi) is 3.90. The third-order valence-electron chi connectivity index (χ3n) is 3.28.